The highest BCUT2D eigenvalue weighted by Crippen LogP contribution is 2.32. The molecule has 3 nitrogen and oxygen atoms in total. The Hall–Kier alpha value is -1.83. The molecule has 2 aromatic rings. The van der Waals surface area contributed by atoms with Crippen LogP contribution in [0.15, 0.2) is 40.3 Å². The third-order valence-corrected chi connectivity index (χ3v) is 4.72. The summed E-state index contributed by atoms with van der Waals surface area (Å²) in [5, 5.41) is 19.2. The van der Waals surface area contributed by atoms with E-state index in [0.717, 1.165) is 34.0 Å². The molecule has 1 aromatic carbocycles. The van der Waals surface area contributed by atoms with E-state index in [1.165, 1.54) is 30.2 Å². The average Bonchev–Trinajstić information content (AvgIpc) is 2.55. The summed E-state index contributed by atoms with van der Waals surface area (Å²) in [5.74, 6) is 0. The Morgan fingerprint density at radius 2 is 1.95 bits per heavy atom. The number of hydrogen-bond donors (Lipinski definition) is 1. The van der Waals surface area contributed by atoms with Crippen molar-refractivity contribution >= 4 is 11.8 Å². The molecule has 4 heteroatoms. The van der Waals surface area contributed by atoms with Gasteiger partial charge < -0.3 is 5.11 Å². The fourth-order valence-electron chi connectivity index (χ4n) is 2.55. The highest BCUT2D eigenvalue weighted by Gasteiger charge is 2.15. The Kier molecular flexibility index (Phi) is 4.23. The Morgan fingerprint density at radius 1 is 1.19 bits per heavy atom. The molecule has 0 radical (unpaired) electrons. The first-order valence-electron chi connectivity index (χ1n) is 7.10. The maximum absolute atomic E-state index is 9.34. The number of nitrogens with zero attached hydrogens (tertiary/aromatic N) is 2. The lowest BCUT2D eigenvalue weighted by molar-refractivity contribution is 0.282. The first kappa shape index (κ1) is 14.1. The molecule has 1 aromatic heterocycles. The number of hydrogen-bond acceptors (Lipinski definition) is 4. The largest absolute Gasteiger partial charge is 0.392 e. The van der Waals surface area contributed by atoms with Crippen LogP contribution >= 0.6 is 11.8 Å². The van der Waals surface area contributed by atoms with Crippen molar-refractivity contribution in [2.75, 3.05) is 0 Å². The summed E-state index contributed by atoms with van der Waals surface area (Å²) in [5.41, 5.74) is 3.93. The quantitative estimate of drug-likeness (QED) is 0.942. The molecule has 0 aliphatic heterocycles. The lowest BCUT2D eigenvalue weighted by Crippen LogP contribution is -2.07. The molecule has 1 heterocycles. The molecule has 0 atom stereocenters. The molecule has 0 saturated carbocycles. The van der Waals surface area contributed by atoms with Gasteiger partial charge in [0.2, 0.25) is 0 Å². The number of aliphatic hydroxyl groups excluding tert-OH is 1. The van der Waals surface area contributed by atoms with Gasteiger partial charge in [-0.15, -0.1) is 0 Å². The van der Waals surface area contributed by atoms with Crippen LogP contribution in [0.3, 0.4) is 0 Å². The minimum Gasteiger partial charge on any atom is -0.392 e. The highest BCUT2D eigenvalue weighted by atomic mass is 32.2. The molecule has 0 bridgehead atoms. The second kappa shape index (κ2) is 6.30. The van der Waals surface area contributed by atoms with Crippen molar-refractivity contribution in [1.29, 1.82) is 5.26 Å². The summed E-state index contributed by atoms with van der Waals surface area (Å²) in [6.45, 7) is 0.0471. The van der Waals surface area contributed by atoms with Gasteiger partial charge in [-0.1, -0.05) is 23.9 Å². The fraction of sp³-hybridized carbons (Fsp3) is 0.294. The zero-order valence-electron chi connectivity index (χ0n) is 11.7. The van der Waals surface area contributed by atoms with Crippen molar-refractivity contribution in [2.45, 2.75) is 42.2 Å². The number of fused-ring (bicyclic) bond motifs is 1. The van der Waals surface area contributed by atoms with Crippen LogP contribution in [0.25, 0.3) is 0 Å². The first-order valence-corrected chi connectivity index (χ1v) is 7.92. The van der Waals surface area contributed by atoms with Gasteiger partial charge in [0, 0.05) is 10.6 Å². The zero-order valence-corrected chi connectivity index (χ0v) is 12.5. The van der Waals surface area contributed by atoms with E-state index in [4.69, 9.17) is 10.1 Å². The smallest absolute Gasteiger partial charge is 0.119 e. The summed E-state index contributed by atoms with van der Waals surface area (Å²) < 4.78 is 0. The van der Waals surface area contributed by atoms with Crippen molar-refractivity contribution in [2.24, 2.45) is 0 Å². The van der Waals surface area contributed by atoms with Crippen LogP contribution in [-0.4, -0.2) is 10.1 Å². The van der Waals surface area contributed by atoms with Gasteiger partial charge in [-0.25, -0.2) is 4.98 Å². The predicted molar refractivity (Wildman–Crippen MR) is 82.1 cm³/mol. The topological polar surface area (TPSA) is 56.9 Å². The van der Waals surface area contributed by atoms with E-state index in [1.54, 1.807) is 0 Å². The van der Waals surface area contributed by atoms with Gasteiger partial charge >= 0.3 is 0 Å². The number of aliphatic hydroxyl groups is 1. The molecule has 106 valence electrons. The van der Waals surface area contributed by atoms with Gasteiger partial charge in [0.25, 0.3) is 0 Å². The van der Waals surface area contributed by atoms with Crippen molar-refractivity contribution in [3.63, 3.8) is 0 Å². The summed E-state index contributed by atoms with van der Waals surface area (Å²) in [6.07, 6.45) is 4.42. The number of aromatic nitrogens is 1. The minimum atomic E-state index is 0.0471. The summed E-state index contributed by atoms with van der Waals surface area (Å²) in [6, 6.07) is 12.0. The number of benzene rings is 1. The first-order chi connectivity index (χ1) is 10.3. The normalized spacial score (nSPS) is 13.5. The predicted octanol–water partition coefficient (Wildman–Crippen LogP) is 3.48. The van der Waals surface area contributed by atoms with E-state index < -0.39 is 0 Å². The van der Waals surface area contributed by atoms with E-state index in [-0.39, 0.29) is 6.61 Å². The summed E-state index contributed by atoms with van der Waals surface area (Å²) in [7, 11) is 0. The highest BCUT2D eigenvalue weighted by molar-refractivity contribution is 7.99. The Morgan fingerprint density at radius 3 is 2.67 bits per heavy atom. The van der Waals surface area contributed by atoms with Gasteiger partial charge in [-0.2, -0.15) is 5.26 Å². The molecular weight excluding hydrogens is 280 g/mol. The zero-order chi connectivity index (χ0) is 14.7. The Labute approximate surface area is 128 Å². The molecule has 3 rings (SSSR count). The molecule has 1 aliphatic rings. The Bertz CT molecular complexity index is 689. The van der Waals surface area contributed by atoms with Crippen LogP contribution in [-0.2, 0) is 19.4 Å². The van der Waals surface area contributed by atoms with E-state index in [2.05, 4.69) is 6.07 Å². The average molecular weight is 296 g/mol. The fourth-order valence-corrected chi connectivity index (χ4v) is 3.41. The third-order valence-electron chi connectivity index (χ3n) is 3.71. The number of nitriles is 1. The van der Waals surface area contributed by atoms with Crippen LogP contribution in [0.2, 0.25) is 0 Å². The molecular formula is C17H16N2OS. The van der Waals surface area contributed by atoms with Crippen LogP contribution in [0.5, 0.6) is 0 Å². The second-order valence-electron chi connectivity index (χ2n) is 5.17. The van der Waals surface area contributed by atoms with Crippen molar-refractivity contribution in [3.05, 3.63) is 52.7 Å². The number of rotatable bonds is 3. The van der Waals surface area contributed by atoms with Gasteiger partial charge in [0.15, 0.2) is 0 Å². The van der Waals surface area contributed by atoms with Gasteiger partial charge in [0.1, 0.15) is 11.1 Å². The van der Waals surface area contributed by atoms with Crippen molar-refractivity contribution in [3.8, 4) is 6.07 Å². The molecule has 1 aliphatic carbocycles. The monoisotopic (exact) mass is 296 g/mol. The van der Waals surface area contributed by atoms with Crippen LogP contribution in [0, 0.1) is 11.3 Å². The molecule has 0 fully saturated rings. The molecule has 0 saturated heterocycles. The van der Waals surface area contributed by atoms with Gasteiger partial charge in [-0.05, 0) is 55.0 Å². The molecule has 21 heavy (non-hydrogen) atoms. The van der Waals surface area contributed by atoms with Crippen LogP contribution in [0.4, 0.5) is 0 Å². The molecule has 0 amide bonds. The lowest BCUT2D eigenvalue weighted by Gasteiger charge is -2.16. The third kappa shape index (κ3) is 3.10. The van der Waals surface area contributed by atoms with E-state index in [9.17, 15) is 5.26 Å². The molecule has 0 spiro atoms. The van der Waals surface area contributed by atoms with Crippen molar-refractivity contribution < 1.29 is 5.11 Å². The van der Waals surface area contributed by atoms with Crippen LogP contribution in [0.1, 0.15) is 35.2 Å². The summed E-state index contributed by atoms with van der Waals surface area (Å²) in [4.78, 5) is 5.75. The van der Waals surface area contributed by atoms with E-state index >= 15 is 0 Å². The molecule has 0 unspecified atom stereocenters. The van der Waals surface area contributed by atoms with E-state index in [1.807, 2.05) is 30.3 Å². The lowest BCUT2D eigenvalue weighted by atomic mass is 9.95. The van der Waals surface area contributed by atoms with E-state index in [0.29, 0.717) is 5.56 Å². The van der Waals surface area contributed by atoms with Crippen molar-refractivity contribution in [1.82, 2.24) is 4.98 Å². The number of pyridine rings is 1. The Balaban J connectivity index is 1.91. The second-order valence-corrected chi connectivity index (χ2v) is 6.23. The summed E-state index contributed by atoms with van der Waals surface area (Å²) >= 11 is 1.52. The maximum Gasteiger partial charge on any atom is 0.119 e. The minimum absolute atomic E-state index is 0.0471. The number of aryl methyl sites for hydroxylation is 2. The molecule has 1 N–H and O–H groups in total. The van der Waals surface area contributed by atoms with Gasteiger partial charge in [-0.3, -0.25) is 0 Å². The SMILES string of the molecule is N#Cc1cc2c(nc1Sc1ccc(CO)cc1)CCCC2. The maximum atomic E-state index is 9.34. The van der Waals surface area contributed by atoms with Crippen LogP contribution < -0.4 is 0 Å². The van der Waals surface area contributed by atoms with Gasteiger partial charge in [0.05, 0.1) is 12.2 Å². The standard InChI is InChI=1S/C17H16N2OS/c18-10-14-9-13-3-1-2-4-16(13)19-17(14)21-15-7-5-12(11-20)6-8-15/h5-9,20H,1-4,11H2.